The maximum absolute atomic E-state index is 9.68. The Bertz CT molecular complexity index is 1350. The Hall–Kier alpha value is -2.50. The molecule has 1 saturated heterocycles. The van der Waals surface area contributed by atoms with Crippen LogP contribution in [0.4, 0.5) is 0 Å². The first-order chi connectivity index (χ1) is 17.4. The average Bonchev–Trinajstić information content (AvgIpc) is 3.48. The quantitative estimate of drug-likeness (QED) is 0.398. The van der Waals surface area contributed by atoms with Gasteiger partial charge in [0.1, 0.15) is 11.6 Å². The first kappa shape index (κ1) is 25.2. The summed E-state index contributed by atoms with van der Waals surface area (Å²) in [7, 11) is 1.79. The van der Waals surface area contributed by atoms with E-state index in [1.54, 1.807) is 30.1 Å². The highest BCUT2D eigenvalue weighted by molar-refractivity contribution is 6.35. The van der Waals surface area contributed by atoms with E-state index in [2.05, 4.69) is 34.1 Å². The average molecular weight is 525 g/mol. The smallest absolute Gasteiger partial charge is 0.190 e. The molecule has 3 heterocycles. The van der Waals surface area contributed by atoms with E-state index in [4.69, 9.17) is 32.9 Å². The summed E-state index contributed by atoms with van der Waals surface area (Å²) >= 11 is 12.6. The second kappa shape index (κ2) is 10.5. The number of methoxy groups -OCH3 is 1. The van der Waals surface area contributed by atoms with Crippen LogP contribution in [0, 0.1) is 17.2 Å². The summed E-state index contributed by atoms with van der Waals surface area (Å²) in [5.74, 6) is 0.492. The van der Waals surface area contributed by atoms with Gasteiger partial charge in [-0.2, -0.15) is 10.4 Å². The lowest BCUT2D eigenvalue weighted by atomic mass is 9.83. The van der Waals surface area contributed by atoms with Crippen molar-refractivity contribution < 1.29 is 4.74 Å². The first-order valence-electron chi connectivity index (χ1n) is 12.5. The fourth-order valence-corrected chi connectivity index (χ4v) is 6.35. The fraction of sp³-hybridized carbons (Fsp3) is 0.481. The van der Waals surface area contributed by atoms with Crippen LogP contribution in [0.3, 0.4) is 0 Å². The molecule has 7 nitrogen and oxygen atoms in total. The molecular weight excluding hydrogens is 495 g/mol. The number of aromatic nitrogens is 4. The van der Waals surface area contributed by atoms with Gasteiger partial charge in [0.2, 0.25) is 0 Å². The number of likely N-dealkylation sites (tertiary alicyclic amines) is 1. The third-order valence-corrected chi connectivity index (χ3v) is 8.19. The van der Waals surface area contributed by atoms with E-state index in [-0.39, 0.29) is 11.7 Å². The zero-order valence-electron chi connectivity index (χ0n) is 20.8. The van der Waals surface area contributed by atoms with Gasteiger partial charge < -0.3 is 4.74 Å². The van der Waals surface area contributed by atoms with Gasteiger partial charge >= 0.3 is 0 Å². The van der Waals surface area contributed by atoms with E-state index >= 15 is 0 Å². The van der Waals surface area contributed by atoms with Crippen molar-refractivity contribution in [3.63, 3.8) is 0 Å². The van der Waals surface area contributed by atoms with Gasteiger partial charge in [-0.3, -0.25) is 4.90 Å². The summed E-state index contributed by atoms with van der Waals surface area (Å²) in [6.45, 7) is 6.24. The monoisotopic (exact) mass is 524 g/mol. The molecule has 36 heavy (non-hydrogen) atoms. The van der Waals surface area contributed by atoms with E-state index in [1.165, 1.54) is 18.4 Å². The number of fused-ring (bicyclic) bond motifs is 1. The topological polar surface area (TPSA) is 79.9 Å². The number of hydrogen-bond acceptors (Lipinski definition) is 6. The van der Waals surface area contributed by atoms with Gasteiger partial charge in [-0.1, -0.05) is 42.3 Å². The van der Waals surface area contributed by atoms with Crippen molar-refractivity contribution in [2.24, 2.45) is 5.92 Å². The number of benzene rings is 1. The van der Waals surface area contributed by atoms with E-state index < -0.39 is 0 Å². The van der Waals surface area contributed by atoms with Gasteiger partial charge in [0.25, 0.3) is 0 Å². The number of allylic oxidation sites excluding steroid dienone is 1. The Morgan fingerprint density at radius 1 is 1.31 bits per heavy atom. The van der Waals surface area contributed by atoms with Crippen molar-refractivity contribution in [3.05, 3.63) is 57.5 Å². The van der Waals surface area contributed by atoms with E-state index in [0.717, 1.165) is 37.3 Å². The highest BCUT2D eigenvalue weighted by Gasteiger charge is 2.35. The zero-order valence-corrected chi connectivity index (χ0v) is 22.3. The van der Waals surface area contributed by atoms with Gasteiger partial charge in [0.05, 0.1) is 24.5 Å². The van der Waals surface area contributed by atoms with Crippen LogP contribution >= 0.6 is 23.2 Å². The number of rotatable bonds is 6. The summed E-state index contributed by atoms with van der Waals surface area (Å²) < 4.78 is 7.22. The molecule has 188 valence electrons. The molecule has 0 radical (unpaired) electrons. The van der Waals surface area contributed by atoms with Crippen LogP contribution in [0.2, 0.25) is 10.0 Å². The molecule has 3 aromatic rings. The van der Waals surface area contributed by atoms with E-state index in [0.29, 0.717) is 39.2 Å². The van der Waals surface area contributed by atoms with Crippen LogP contribution < -0.4 is 0 Å². The number of hydrogen-bond donors (Lipinski definition) is 0. The summed E-state index contributed by atoms with van der Waals surface area (Å²) in [5, 5.41) is 15.3. The normalized spacial score (nSPS) is 23.6. The molecular formula is C27H30Cl2N6O. The lowest BCUT2D eigenvalue weighted by Gasteiger charge is -2.39. The standard InChI is InChI=1S/C27H30Cl2N6O/c1-16-11-18(6-9-25(16)34-10-4-5-20(34)15-36-3)24-14-31-26-23(13-30)33-35(27(26)32-24)17(2)21-8-7-19(28)12-22(21)29/h6-8,12,14,16-17,20,25H,4-5,9-11,15H2,1-3H3/t16?,17-,20+,25?/m1/s1. The third kappa shape index (κ3) is 4.64. The number of nitrogens with zero attached hydrogens (tertiary/aromatic N) is 6. The number of nitriles is 1. The number of halogens is 2. The maximum Gasteiger partial charge on any atom is 0.190 e. The highest BCUT2D eigenvalue weighted by Crippen LogP contribution is 2.37. The molecule has 0 bridgehead atoms. The zero-order chi connectivity index (χ0) is 25.4. The Kier molecular flexibility index (Phi) is 7.32. The van der Waals surface area contributed by atoms with Crippen LogP contribution in [0.1, 0.15) is 62.5 Å². The van der Waals surface area contributed by atoms with Crippen molar-refractivity contribution in [1.82, 2.24) is 24.6 Å². The maximum atomic E-state index is 9.68. The molecule has 0 saturated carbocycles. The molecule has 1 aliphatic heterocycles. The van der Waals surface area contributed by atoms with Crippen molar-refractivity contribution in [2.75, 3.05) is 20.3 Å². The molecule has 2 unspecified atom stereocenters. The molecule has 0 N–H and O–H groups in total. The second-order valence-electron chi connectivity index (χ2n) is 9.88. The molecule has 9 heteroatoms. The summed E-state index contributed by atoms with van der Waals surface area (Å²) in [5.41, 5.74) is 4.22. The van der Waals surface area contributed by atoms with Gasteiger partial charge in [-0.15, -0.1) is 0 Å². The SMILES string of the molecule is COC[C@@H]1CCCN1C1CC=C(c2cnc3c(C#N)nn([C@H](C)c4ccc(Cl)cc4Cl)c3n2)CC1C. The second-order valence-corrected chi connectivity index (χ2v) is 10.7. The first-order valence-corrected chi connectivity index (χ1v) is 13.2. The summed E-state index contributed by atoms with van der Waals surface area (Å²) in [6, 6.07) is 8.32. The predicted molar refractivity (Wildman–Crippen MR) is 142 cm³/mol. The fourth-order valence-electron chi connectivity index (χ4n) is 5.78. The Labute approximate surface area is 221 Å². The van der Waals surface area contributed by atoms with Gasteiger partial charge in [-0.05, 0) is 68.3 Å². The minimum Gasteiger partial charge on any atom is -0.383 e. The summed E-state index contributed by atoms with van der Waals surface area (Å²) in [6.07, 6.45) is 8.44. The van der Waals surface area contributed by atoms with Gasteiger partial charge in [0.15, 0.2) is 11.3 Å². The Balaban J connectivity index is 1.47. The Morgan fingerprint density at radius 3 is 2.86 bits per heavy atom. The van der Waals surface area contributed by atoms with E-state index in [9.17, 15) is 5.26 Å². The van der Waals surface area contributed by atoms with Gasteiger partial charge in [0, 0.05) is 29.2 Å². The molecule has 0 spiro atoms. The molecule has 2 aliphatic rings. The lowest BCUT2D eigenvalue weighted by molar-refractivity contribution is 0.0696. The number of ether oxygens (including phenoxy) is 1. The Morgan fingerprint density at radius 2 is 2.14 bits per heavy atom. The minimum absolute atomic E-state index is 0.250. The lowest BCUT2D eigenvalue weighted by Crippen LogP contribution is -2.45. The molecule has 0 amide bonds. The van der Waals surface area contributed by atoms with Crippen LogP contribution in [-0.4, -0.2) is 57.0 Å². The molecule has 1 aliphatic carbocycles. The van der Waals surface area contributed by atoms with Crippen LogP contribution in [0.5, 0.6) is 0 Å². The third-order valence-electron chi connectivity index (χ3n) is 7.63. The molecule has 2 aromatic heterocycles. The van der Waals surface area contributed by atoms with Crippen molar-refractivity contribution in [1.29, 1.82) is 5.26 Å². The molecule has 5 rings (SSSR count). The van der Waals surface area contributed by atoms with Crippen LogP contribution in [0.25, 0.3) is 16.7 Å². The molecule has 1 aromatic carbocycles. The highest BCUT2D eigenvalue weighted by atomic mass is 35.5. The van der Waals surface area contributed by atoms with Gasteiger partial charge in [-0.25, -0.2) is 14.6 Å². The predicted octanol–water partition coefficient (Wildman–Crippen LogP) is 5.91. The van der Waals surface area contributed by atoms with Crippen LogP contribution in [-0.2, 0) is 4.74 Å². The molecule has 1 fully saturated rings. The van der Waals surface area contributed by atoms with Crippen molar-refractivity contribution in [2.45, 2.75) is 57.7 Å². The minimum atomic E-state index is -0.250. The van der Waals surface area contributed by atoms with E-state index in [1.807, 2.05) is 13.0 Å². The largest absolute Gasteiger partial charge is 0.383 e. The van der Waals surface area contributed by atoms with Crippen molar-refractivity contribution >= 4 is 39.9 Å². The van der Waals surface area contributed by atoms with Crippen LogP contribution in [0.15, 0.2) is 30.5 Å². The molecule has 4 atom stereocenters. The van der Waals surface area contributed by atoms with Crippen molar-refractivity contribution in [3.8, 4) is 6.07 Å². The summed E-state index contributed by atoms with van der Waals surface area (Å²) in [4.78, 5) is 12.2.